The fourth-order valence-corrected chi connectivity index (χ4v) is 4.10. The average Bonchev–Trinajstić information content (AvgIpc) is 3.24. The van der Waals surface area contributed by atoms with Crippen LogP contribution in [0.1, 0.15) is 38.5 Å². The summed E-state index contributed by atoms with van der Waals surface area (Å²) in [5, 5.41) is 14.5. The maximum atomic E-state index is 13.0. The summed E-state index contributed by atoms with van der Waals surface area (Å²) >= 11 is 5.75. The number of hydrogen-bond acceptors (Lipinski definition) is 8. The predicted molar refractivity (Wildman–Crippen MR) is 124 cm³/mol. The van der Waals surface area contributed by atoms with Crippen molar-refractivity contribution in [1.82, 2.24) is 15.5 Å². The molecule has 1 aliphatic heterocycles. The van der Waals surface area contributed by atoms with Gasteiger partial charge < -0.3 is 32.1 Å². The molecule has 3 amide bonds. The van der Waals surface area contributed by atoms with E-state index in [1.54, 1.807) is 11.8 Å². The molecule has 1 fully saturated rings. The van der Waals surface area contributed by atoms with Gasteiger partial charge in [-0.05, 0) is 57.1 Å². The minimum Gasteiger partial charge on any atom is -0.480 e. The van der Waals surface area contributed by atoms with Crippen molar-refractivity contribution in [2.24, 2.45) is 11.5 Å². The Labute approximate surface area is 193 Å². The topological polar surface area (TPSA) is 168 Å². The second kappa shape index (κ2) is 14.5. The van der Waals surface area contributed by atoms with E-state index in [9.17, 15) is 24.3 Å². The Bertz CT molecular complexity index is 624. The number of amides is 3. The lowest BCUT2D eigenvalue weighted by Gasteiger charge is -2.29. The van der Waals surface area contributed by atoms with Crippen molar-refractivity contribution >= 4 is 48.1 Å². The van der Waals surface area contributed by atoms with Gasteiger partial charge in [0.25, 0.3) is 0 Å². The molecule has 0 radical (unpaired) electrons. The average molecular weight is 478 g/mol. The molecule has 1 rings (SSSR count). The van der Waals surface area contributed by atoms with Gasteiger partial charge in [0.1, 0.15) is 18.1 Å². The van der Waals surface area contributed by atoms with Gasteiger partial charge in [-0.2, -0.15) is 24.4 Å². The van der Waals surface area contributed by atoms with Crippen molar-refractivity contribution in [3.05, 3.63) is 0 Å². The van der Waals surface area contributed by atoms with Crippen LogP contribution in [0.2, 0.25) is 0 Å². The van der Waals surface area contributed by atoms with Gasteiger partial charge in [-0.3, -0.25) is 14.4 Å². The number of carbonyl (C=O) groups excluding carboxylic acids is 3. The van der Waals surface area contributed by atoms with Gasteiger partial charge in [0.05, 0.1) is 6.04 Å². The van der Waals surface area contributed by atoms with Crippen LogP contribution in [-0.2, 0) is 19.2 Å². The Hall–Kier alpha value is -1.50. The molecule has 10 nitrogen and oxygen atoms in total. The van der Waals surface area contributed by atoms with Crippen molar-refractivity contribution in [2.75, 3.05) is 30.9 Å². The van der Waals surface area contributed by atoms with E-state index in [0.29, 0.717) is 45.2 Å². The van der Waals surface area contributed by atoms with E-state index >= 15 is 0 Å². The number of thioether (sulfide) groups is 1. The SMILES string of the molecule is CSCCC(N)C(=O)NC(CS)C(=O)N1CCCC1C(=O)NC(CCCCN)C(=O)O. The second-order valence-electron chi connectivity index (χ2n) is 7.51. The molecule has 0 saturated carbocycles. The largest absolute Gasteiger partial charge is 0.480 e. The molecule has 7 N–H and O–H groups in total. The van der Waals surface area contributed by atoms with E-state index in [0.717, 1.165) is 5.75 Å². The number of aliphatic carboxylic acids is 1. The summed E-state index contributed by atoms with van der Waals surface area (Å²) in [6.45, 7) is 0.795. The summed E-state index contributed by atoms with van der Waals surface area (Å²) < 4.78 is 0. The molecule has 0 bridgehead atoms. The lowest BCUT2D eigenvalue weighted by molar-refractivity contribution is -0.144. The Kier molecular flexibility index (Phi) is 12.9. The third kappa shape index (κ3) is 8.87. The van der Waals surface area contributed by atoms with Crippen LogP contribution in [0.4, 0.5) is 0 Å². The highest BCUT2D eigenvalue weighted by atomic mass is 32.2. The minimum absolute atomic E-state index is 0.0570. The van der Waals surface area contributed by atoms with Crippen molar-refractivity contribution in [1.29, 1.82) is 0 Å². The summed E-state index contributed by atoms with van der Waals surface area (Å²) in [5.74, 6) is -1.71. The summed E-state index contributed by atoms with van der Waals surface area (Å²) in [5.41, 5.74) is 11.3. The van der Waals surface area contributed by atoms with Crippen molar-refractivity contribution in [3.8, 4) is 0 Å². The fourth-order valence-electron chi connectivity index (χ4n) is 3.36. The number of rotatable bonds is 14. The number of thiol groups is 1. The molecule has 0 aromatic heterocycles. The zero-order chi connectivity index (χ0) is 23.4. The number of carbonyl (C=O) groups is 4. The molecule has 31 heavy (non-hydrogen) atoms. The van der Waals surface area contributed by atoms with Crippen LogP contribution in [0.3, 0.4) is 0 Å². The highest BCUT2D eigenvalue weighted by Crippen LogP contribution is 2.19. The first-order valence-electron chi connectivity index (χ1n) is 10.5. The lowest BCUT2D eigenvalue weighted by atomic mass is 10.1. The molecule has 1 aliphatic rings. The standard InChI is InChI=1S/C19H35N5O5S2/c1-31-10-7-12(21)16(25)23-14(11-30)18(27)24-9-4-6-15(24)17(26)22-13(19(28)29)5-2-3-8-20/h12-15,30H,2-11,20-21H2,1H3,(H,22,26)(H,23,25)(H,28,29). The number of nitrogens with one attached hydrogen (secondary N) is 2. The molecule has 4 atom stereocenters. The van der Waals surface area contributed by atoms with E-state index < -0.39 is 47.9 Å². The van der Waals surface area contributed by atoms with Crippen LogP contribution in [-0.4, -0.2) is 88.7 Å². The normalized spacial score (nSPS) is 18.8. The second-order valence-corrected chi connectivity index (χ2v) is 8.86. The molecule has 0 aromatic carbocycles. The predicted octanol–water partition coefficient (Wildman–Crippen LogP) is -0.829. The first-order chi connectivity index (χ1) is 14.8. The molecule has 1 saturated heterocycles. The summed E-state index contributed by atoms with van der Waals surface area (Å²) in [4.78, 5) is 50.9. The lowest BCUT2D eigenvalue weighted by Crippen LogP contribution is -2.57. The van der Waals surface area contributed by atoms with Crippen molar-refractivity contribution in [3.63, 3.8) is 0 Å². The van der Waals surface area contributed by atoms with Crippen LogP contribution in [0.25, 0.3) is 0 Å². The Morgan fingerprint density at radius 3 is 2.48 bits per heavy atom. The number of likely N-dealkylation sites (tertiary alicyclic amines) is 1. The van der Waals surface area contributed by atoms with Crippen molar-refractivity contribution in [2.45, 2.75) is 62.7 Å². The quantitative estimate of drug-likeness (QED) is 0.139. The Balaban J connectivity index is 2.76. The Morgan fingerprint density at radius 2 is 1.90 bits per heavy atom. The first-order valence-corrected chi connectivity index (χ1v) is 12.5. The van der Waals surface area contributed by atoms with E-state index in [4.69, 9.17) is 11.5 Å². The molecule has 0 aliphatic carbocycles. The molecule has 0 spiro atoms. The maximum Gasteiger partial charge on any atom is 0.326 e. The van der Waals surface area contributed by atoms with Gasteiger partial charge in [-0.1, -0.05) is 0 Å². The van der Waals surface area contributed by atoms with Gasteiger partial charge in [0.2, 0.25) is 17.7 Å². The maximum absolute atomic E-state index is 13.0. The zero-order valence-electron chi connectivity index (χ0n) is 17.9. The van der Waals surface area contributed by atoms with E-state index in [1.165, 1.54) is 4.90 Å². The summed E-state index contributed by atoms with van der Waals surface area (Å²) in [6.07, 6.45) is 4.93. The van der Waals surface area contributed by atoms with E-state index in [2.05, 4.69) is 23.3 Å². The molecule has 4 unspecified atom stereocenters. The fraction of sp³-hybridized carbons (Fsp3) is 0.789. The third-order valence-corrected chi connectivity index (χ3v) is 6.18. The van der Waals surface area contributed by atoms with Crippen LogP contribution in [0.15, 0.2) is 0 Å². The van der Waals surface area contributed by atoms with Gasteiger partial charge in [0.15, 0.2) is 0 Å². The highest BCUT2D eigenvalue weighted by molar-refractivity contribution is 7.98. The molecular formula is C19H35N5O5S2. The molecule has 1 heterocycles. The smallest absolute Gasteiger partial charge is 0.326 e. The first kappa shape index (κ1) is 27.5. The van der Waals surface area contributed by atoms with E-state index in [1.807, 2.05) is 6.26 Å². The van der Waals surface area contributed by atoms with Crippen LogP contribution < -0.4 is 22.1 Å². The van der Waals surface area contributed by atoms with Gasteiger partial charge >= 0.3 is 5.97 Å². The molecule has 12 heteroatoms. The molecule has 178 valence electrons. The monoisotopic (exact) mass is 477 g/mol. The number of hydrogen-bond donors (Lipinski definition) is 6. The van der Waals surface area contributed by atoms with Crippen LogP contribution >= 0.6 is 24.4 Å². The highest BCUT2D eigenvalue weighted by Gasteiger charge is 2.38. The van der Waals surface area contributed by atoms with Crippen molar-refractivity contribution < 1.29 is 24.3 Å². The zero-order valence-corrected chi connectivity index (χ0v) is 19.6. The summed E-state index contributed by atoms with van der Waals surface area (Å²) in [7, 11) is 0. The number of carboxylic acids is 1. The van der Waals surface area contributed by atoms with Crippen LogP contribution in [0.5, 0.6) is 0 Å². The molecular weight excluding hydrogens is 442 g/mol. The van der Waals surface area contributed by atoms with Gasteiger partial charge in [-0.25, -0.2) is 4.79 Å². The number of unbranched alkanes of at least 4 members (excludes halogenated alkanes) is 1. The number of nitrogens with zero attached hydrogens (tertiary/aromatic N) is 1. The summed E-state index contributed by atoms with van der Waals surface area (Å²) in [6, 6.07) is -3.46. The molecule has 0 aromatic rings. The Morgan fingerprint density at radius 1 is 1.19 bits per heavy atom. The van der Waals surface area contributed by atoms with Gasteiger partial charge in [0, 0.05) is 12.3 Å². The number of carboxylic acid groups (broad SMARTS) is 1. The third-order valence-electron chi connectivity index (χ3n) is 5.17. The minimum atomic E-state index is -1.12. The van der Waals surface area contributed by atoms with E-state index in [-0.39, 0.29) is 12.2 Å². The van der Waals surface area contributed by atoms with Crippen LogP contribution in [0, 0.1) is 0 Å². The van der Waals surface area contributed by atoms with Gasteiger partial charge in [-0.15, -0.1) is 0 Å². The number of nitrogens with two attached hydrogens (primary N) is 2.